The van der Waals surface area contributed by atoms with Crippen LogP contribution in [0.2, 0.25) is 19.1 Å². The van der Waals surface area contributed by atoms with E-state index in [0.29, 0.717) is 6.61 Å². The van der Waals surface area contributed by atoms with Crippen LogP contribution in [0, 0.1) is 0 Å². The summed E-state index contributed by atoms with van der Waals surface area (Å²) in [4.78, 5) is 0. The SMILES string of the molecule is CCO[Si](C)(C)CCC(F)(F)F. The fourth-order valence-electron chi connectivity index (χ4n) is 0.906. The van der Waals surface area contributed by atoms with Crippen LogP contribution in [0.4, 0.5) is 13.2 Å². The highest BCUT2D eigenvalue weighted by atomic mass is 28.4. The quantitative estimate of drug-likeness (QED) is 0.633. The molecule has 0 amide bonds. The van der Waals surface area contributed by atoms with E-state index in [1.807, 2.05) is 20.0 Å². The van der Waals surface area contributed by atoms with Crippen LogP contribution in [0.1, 0.15) is 13.3 Å². The molecule has 0 N–H and O–H groups in total. The zero-order valence-corrected chi connectivity index (χ0v) is 8.66. The maximum atomic E-state index is 11.8. The second-order valence-electron chi connectivity index (χ2n) is 3.31. The highest BCUT2D eigenvalue weighted by molar-refractivity contribution is 6.71. The first-order valence-corrected chi connectivity index (χ1v) is 7.09. The molecule has 1 nitrogen and oxygen atoms in total. The minimum Gasteiger partial charge on any atom is -0.418 e. The lowest BCUT2D eigenvalue weighted by molar-refractivity contribution is -0.131. The first-order valence-electron chi connectivity index (χ1n) is 3.97. The number of hydrogen-bond donors (Lipinski definition) is 0. The van der Waals surface area contributed by atoms with Crippen molar-refractivity contribution in [2.24, 2.45) is 0 Å². The van der Waals surface area contributed by atoms with Crippen molar-refractivity contribution in [2.75, 3.05) is 6.61 Å². The topological polar surface area (TPSA) is 9.23 Å². The number of halogens is 3. The fraction of sp³-hybridized carbons (Fsp3) is 1.00. The summed E-state index contributed by atoms with van der Waals surface area (Å²) >= 11 is 0. The van der Waals surface area contributed by atoms with Crippen molar-refractivity contribution in [1.29, 1.82) is 0 Å². The zero-order valence-electron chi connectivity index (χ0n) is 7.66. The average Bonchev–Trinajstić information content (AvgIpc) is 1.83. The largest absolute Gasteiger partial charge is 0.418 e. The minimum absolute atomic E-state index is 0.157. The lowest BCUT2D eigenvalue weighted by Crippen LogP contribution is -2.31. The molecule has 0 rings (SSSR count). The maximum absolute atomic E-state index is 11.8. The molecule has 0 aromatic heterocycles. The summed E-state index contributed by atoms with van der Waals surface area (Å²) < 4.78 is 40.6. The average molecular weight is 200 g/mol. The van der Waals surface area contributed by atoms with Gasteiger partial charge in [0.2, 0.25) is 0 Å². The zero-order chi connectivity index (χ0) is 9.83. The number of rotatable bonds is 4. The van der Waals surface area contributed by atoms with E-state index in [1.165, 1.54) is 0 Å². The van der Waals surface area contributed by atoms with Crippen molar-refractivity contribution in [2.45, 2.75) is 38.7 Å². The first kappa shape index (κ1) is 12.0. The second kappa shape index (κ2) is 4.27. The molecule has 0 aromatic rings. The second-order valence-corrected chi connectivity index (χ2v) is 7.62. The first-order chi connectivity index (χ1) is 5.27. The normalized spacial score (nSPS) is 13.5. The highest BCUT2D eigenvalue weighted by Crippen LogP contribution is 2.26. The number of hydrogen-bond acceptors (Lipinski definition) is 1. The molecule has 0 fully saturated rings. The predicted octanol–water partition coefficient (Wildman–Crippen LogP) is 3.18. The van der Waals surface area contributed by atoms with Gasteiger partial charge in [-0.05, 0) is 26.1 Å². The van der Waals surface area contributed by atoms with Crippen molar-refractivity contribution in [3.8, 4) is 0 Å². The van der Waals surface area contributed by atoms with Crippen molar-refractivity contribution < 1.29 is 17.6 Å². The van der Waals surface area contributed by atoms with Crippen LogP contribution in [0.25, 0.3) is 0 Å². The van der Waals surface area contributed by atoms with E-state index in [1.54, 1.807) is 0 Å². The molecule has 0 aliphatic heterocycles. The Labute approximate surface area is 72.0 Å². The molecule has 0 spiro atoms. The lowest BCUT2D eigenvalue weighted by atomic mass is 10.5. The molecule has 0 saturated carbocycles. The van der Waals surface area contributed by atoms with Gasteiger partial charge in [-0.15, -0.1) is 0 Å². The van der Waals surface area contributed by atoms with Crippen molar-refractivity contribution >= 4 is 8.32 Å². The van der Waals surface area contributed by atoms with Gasteiger partial charge in [-0.3, -0.25) is 0 Å². The number of alkyl halides is 3. The van der Waals surface area contributed by atoms with Crippen LogP contribution < -0.4 is 0 Å². The highest BCUT2D eigenvalue weighted by Gasteiger charge is 2.32. The van der Waals surface area contributed by atoms with Crippen LogP contribution in [-0.4, -0.2) is 21.1 Å². The van der Waals surface area contributed by atoms with Crippen molar-refractivity contribution in [3.05, 3.63) is 0 Å². The van der Waals surface area contributed by atoms with Crippen LogP contribution in [0.3, 0.4) is 0 Å². The molecule has 0 aliphatic rings. The Kier molecular flexibility index (Phi) is 4.26. The van der Waals surface area contributed by atoms with Gasteiger partial charge in [0.1, 0.15) is 0 Å². The van der Waals surface area contributed by atoms with E-state index < -0.39 is 20.9 Å². The van der Waals surface area contributed by atoms with Gasteiger partial charge in [0.15, 0.2) is 8.32 Å². The third-order valence-corrected chi connectivity index (χ3v) is 4.07. The maximum Gasteiger partial charge on any atom is 0.388 e. The monoisotopic (exact) mass is 200 g/mol. The van der Waals surface area contributed by atoms with E-state index in [-0.39, 0.29) is 6.04 Å². The summed E-state index contributed by atoms with van der Waals surface area (Å²) in [7, 11) is -2.03. The Hall–Kier alpha value is -0.0331. The van der Waals surface area contributed by atoms with E-state index >= 15 is 0 Å². The summed E-state index contributed by atoms with van der Waals surface area (Å²) in [5.41, 5.74) is 0. The summed E-state index contributed by atoms with van der Waals surface area (Å²) in [6.07, 6.45) is -4.76. The van der Waals surface area contributed by atoms with Gasteiger partial charge < -0.3 is 4.43 Å². The van der Waals surface area contributed by atoms with E-state index in [2.05, 4.69) is 0 Å². The summed E-state index contributed by atoms with van der Waals surface area (Å²) in [6.45, 7) is 5.93. The van der Waals surface area contributed by atoms with Crippen molar-refractivity contribution in [1.82, 2.24) is 0 Å². The molecule has 0 unspecified atom stereocenters. The Balaban J connectivity index is 3.75. The predicted molar refractivity (Wildman–Crippen MR) is 44.6 cm³/mol. The van der Waals surface area contributed by atoms with Gasteiger partial charge in [0.25, 0.3) is 0 Å². The molecular weight excluding hydrogens is 185 g/mol. The summed E-state index contributed by atoms with van der Waals surface area (Å²) in [5.74, 6) is 0. The molecular formula is C7H15F3OSi. The third kappa shape index (κ3) is 6.66. The van der Waals surface area contributed by atoms with Crippen molar-refractivity contribution in [3.63, 3.8) is 0 Å². The minimum atomic E-state index is -4.04. The van der Waals surface area contributed by atoms with Crippen LogP contribution in [0.15, 0.2) is 0 Å². The summed E-state index contributed by atoms with van der Waals surface area (Å²) in [5, 5.41) is 0. The Morgan fingerprint density at radius 1 is 1.25 bits per heavy atom. The standard InChI is InChI=1S/C7H15F3OSi/c1-4-11-12(2,3)6-5-7(8,9)10/h4-6H2,1-3H3. The van der Waals surface area contributed by atoms with Gasteiger partial charge in [-0.2, -0.15) is 13.2 Å². The van der Waals surface area contributed by atoms with E-state index in [4.69, 9.17) is 4.43 Å². The molecule has 0 heterocycles. The molecule has 0 aliphatic carbocycles. The van der Waals surface area contributed by atoms with Gasteiger partial charge in [0, 0.05) is 13.0 Å². The fourth-order valence-corrected chi connectivity index (χ4v) is 2.72. The third-order valence-electron chi connectivity index (χ3n) is 1.55. The molecule has 12 heavy (non-hydrogen) atoms. The summed E-state index contributed by atoms with van der Waals surface area (Å²) in [6, 6.07) is 0.157. The van der Waals surface area contributed by atoms with Crippen LogP contribution >= 0.6 is 0 Å². The van der Waals surface area contributed by atoms with Crippen LogP contribution in [-0.2, 0) is 4.43 Å². The Morgan fingerprint density at radius 3 is 2.08 bits per heavy atom. The Bertz CT molecular complexity index is 133. The van der Waals surface area contributed by atoms with E-state index in [9.17, 15) is 13.2 Å². The van der Waals surface area contributed by atoms with Gasteiger partial charge >= 0.3 is 6.18 Å². The molecule has 5 heteroatoms. The smallest absolute Gasteiger partial charge is 0.388 e. The molecule has 74 valence electrons. The van der Waals surface area contributed by atoms with E-state index in [0.717, 1.165) is 0 Å². The Morgan fingerprint density at radius 2 is 1.75 bits per heavy atom. The lowest BCUT2D eigenvalue weighted by Gasteiger charge is -2.22. The molecule has 0 aromatic carbocycles. The van der Waals surface area contributed by atoms with Gasteiger partial charge in [-0.25, -0.2) is 0 Å². The van der Waals surface area contributed by atoms with Gasteiger partial charge in [-0.1, -0.05) is 0 Å². The van der Waals surface area contributed by atoms with Crippen LogP contribution in [0.5, 0.6) is 0 Å². The van der Waals surface area contributed by atoms with Gasteiger partial charge in [0.05, 0.1) is 0 Å². The molecule has 0 radical (unpaired) electrons. The molecule has 0 bridgehead atoms. The molecule has 0 atom stereocenters. The molecule has 0 saturated heterocycles.